The van der Waals surface area contributed by atoms with Gasteiger partial charge in [0.25, 0.3) is 0 Å². The maximum absolute atomic E-state index is 4.58. The summed E-state index contributed by atoms with van der Waals surface area (Å²) in [5.74, 6) is 1.10. The van der Waals surface area contributed by atoms with Crippen LogP contribution in [0.25, 0.3) is 0 Å². The van der Waals surface area contributed by atoms with E-state index in [2.05, 4.69) is 58.1 Å². The van der Waals surface area contributed by atoms with E-state index in [4.69, 9.17) is 0 Å². The van der Waals surface area contributed by atoms with Crippen LogP contribution in [0.5, 0.6) is 0 Å². The van der Waals surface area contributed by atoms with E-state index in [-0.39, 0.29) is 0 Å². The molecule has 0 spiro atoms. The van der Waals surface area contributed by atoms with Crippen molar-refractivity contribution < 1.29 is 0 Å². The number of pyridine rings is 1. The van der Waals surface area contributed by atoms with Gasteiger partial charge in [0.15, 0.2) is 0 Å². The van der Waals surface area contributed by atoms with E-state index in [1.165, 1.54) is 18.4 Å². The second-order valence-electron chi connectivity index (χ2n) is 5.16. The molecule has 1 fully saturated rings. The maximum Gasteiger partial charge on any atom is 0.133 e. The number of anilines is 1. The fraction of sp³-hybridized carbons (Fsp3) is 0.643. The monoisotopic (exact) mass is 311 g/mol. The summed E-state index contributed by atoms with van der Waals surface area (Å²) < 4.78 is 1.05. The first-order valence-corrected chi connectivity index (χ1v) is 7.51. The summed E-state index contributed by atoms with van der Waals surface area (Å²) >= 11 is 3.51. The molecule has 1 aliphatic rings. The lowest BCUT2D eigenvalue weighted by Crippen LogP contribution is -2.30. The molecule has 1 aromatic rings. The van der Waals surface area contributed by atoms with Gasteiger partial charge in [0.1, 0.15) is 5.82 Å². The number of nitrogens with one attached hydrogen (secondary N) is 1. The van der Waals surface area contributed by atoms with Gasteiger partial charge in [-0.1, -0.05) is 6.92 Å². The molecule has 1 aliphatic carbocycles. The number of hydrogen-bond donors (Lipinski definition) is 1. The zero-order valence-electron chi connectivity index (χ0n) is 11.4. The molecule has 18 heavy (non-hydrogen) atoms. The lowest BCUT2D eigenvalue weighted by Gasteiger charge is -2.27. The van der Waals surface area contributed by atoms with Gasteiger partial charge in [-0.2, -0.15) is 0 Å². The summed E-state index contributed by atoms with van der Waals surface area (Å²) in [6.07, 6.45) is 5.65. The summed E-state index contributed by atoms with van der Waals surface area (Å²) in [7, 11) is 2.13. The molecule has 100 valence electrons. The van der Waals surface area contributed by atoms with E-state index in [9.17, 15) is 0 Å². The van der Waals surface area contributed by atoms with Gasteiger partial charge in [0.05, 0.1) is 0 Å². The molecule has 1 aromatic heterocycles. The highest BCUT2D eigenvalue weighted by Crippen LogP contribution is 2.25. The average Bonchev–Trinajstić information content (AvgIpc) is 3.18. The van der Waals surface area contributed by atoms with E-state index in [1.807, 2.05) is 6.20 Å². The Kier molecular flexibility index (Phi) is 4.62. The second kappa shape index (κ2) is 6.02. The Morgan fingerprint density at radius 2 is 2.28 bits per heavy atom. The van der Waals surface area contributed by atoms with Crippen LogP contribution in [0.3, 0.4) is 0 Å². The van der Waals surface area contributed by atoms with Crippen LogP contribution in [0.1, 0.15) is 38.7 Å². The molecule has 1 saturated carbocycles. The minimum absolute atomic E-state index is 0.512. The largest absolute Gasteiger partial charge is 0.357 e. The van der Waals surface area contributed by atoms with Gasteiger partial charge < -0.3 is 10.2 Å². The number of hydrogen-bond acceptors (Lipinski definition) is 3. The van der Waals surface area contributed by atoms with E-state index < -0.39 is 0 Å². The molecule has 1 atom stereocenters. The molecule has 1 N–H and O–H groups in total. The molecule has 1 heterocycles. The molecule has 4 heteroatoms. The Hall–Kier alpha value is -0.610. The molecule has 2 rings (SSSR count). The highest BCUT2D eigenvalue weighted by Gasteiger charge is 2.21. The maximum atomic E-state index is 4.58. The fourth-order valence-corrected chi connectivity index (χ4v) is 2.32. The molecule has 0 saturated heterocycles. The molecular weight excluding hydrogens is 290 g/mol. The number of nitrogens with zero attached hydrogens (tertiary/aromatic N) is 2. The predicted molar refractivity (Wildman–Crippen MR) is 80.0 cm³/mol. The lowest BCUT2D eigenvalue weighted by atomic mass is 10.2. The SMILES string of the molecule is CCC(C)N(C)c1ncc(Br)cc1CNC1CC1. The van der Waals surface area contributed by atoms with Crippen LogP contribution in [0.2, 0.25) is 0 Å². The Labute approximate surface area is 118 Å². The summed E-state index contributed by atoms with van der Waals surface area (Å²) in [5.41, 5.74) is 1.28. The number of halogens is 1. The molecule has 0 radical (unpaired) electrons. The molecule has 0 amide bonds. The molecular formula is C14H22BrN3. The third-order valence-electron chi connectivity index (χ3n) is 3.65. The first kappa shape index (κ1) is 13.8. The standard InChI is InChI=1S/C14H22BrN3/c1-4-10(2)18(3)14-11(7-12(15)9-17-14)8-16-13-5-6-13/h7,9-10,13,16H,4-6,8H2,1-3H3. The fourth-order valence-electron chi connectivity index (χ4n) is 1.95. The van der Waals surface area contributed by atoms with Crippen molar-refractivity contribution in [2.45, 2.75) is 51.7 Å². The van der Waals surface area contributed by atoms with Gasteiger partial charge in [-0.3, -0.25) is 0 Å². The molecule has 1 unspecified atom stereocenters. The van der Waals surface area contributed by atoms with E-state index in [0.29, 0.717) is 6.04 Å². The minimum atomic E-state index is 0.512. The topological polar surface area (TPSA) is 28.2 Å². The van der Waals surface area contributed by atoms with Crippen LogP contribution >= 0.6 is 15.9 Å². The van der Waals surface area contributed by atoms with Crippen LogP contribution in [-0.2, 0) is 6.54 Å². The van der Waals surface area contributed by atoms with Crippen molar-refractivity contribution in [3.63, 3.8) is 0 Å². The van der Waals surface area contributed by atoms with Crippen molar-refractivity contribution in [1.29, 1.82) is 0 Å². The van der Waals surface area contributed by atoms with Crippen molar-refractivity contribution in [3.05, 3.63) is 22.3 Å². The van der Waals surface area contributed by atoms with Crippen molar-refractivity contribution in [2.75, 3.05) is 11.9 Å². The average molecular weight is 312 g/mol. The van der Waals surface area contributed by atoms with Gasteiger partial charge in [-0.25, -0.2) is 4.98 Å². The van der Waals surface area contributed by atoms with Gasteiger partial charge in [-0.15, -0.1) is 0 Å². The summed E-state index contributed by atoms with van der Waals surface area (Å²) in [5, 5.41) is 3.56. The van der Waals surface area contributed by atoms with Crippen LogP contribution in [0.4, 0.5) is 5.82 Å². The molecule has 0 bridgehead atoms. The predicted octanol–water partition coefficient (Wildman–Crippen LogP) is 3.33. The highest BCUT2D eigenvalue weighted by atomic mass is 79.9. The van der Waals surface area contributed by atoms with Crippen LogP contribution in [0.15, 0.2) is 16.7 Å². The molecule has 0 aliphatic heterocycles. The Bertz CT molecular complexity index is 404. The molecule has 0 aromatic carbocycles. The van der Waals surface area contributed by atoms with E-state index in [0.717, 1.165) is 29.3 Å². The van der Waals surface area contributed by atoms with Gasteiger partial charge in [0.2, 0.25) is 0 Å². The lowest BCUT2D eigenvalue weighted by molar-refractivity contribution is 0.641. The molecule has 3 nitrogen and oxygen atoms in total. The van der Waals surface area contributed by atoms with Crippen LogP contribution in [0, 0.1) is 0 Å². The Morgan fingerprint density at radius 3 is 2.89 bits per heavy atom. The first-order valence-electron chi connectivity index (χ1n) is 6.72. The smallest absolute Gasteiger partial charge is 0.133 e. The van der Waals surface area contributed by atoms with Gasteiger partial charge >= 0.3 is 0 Å². The van der Waals surface area contributed by atoms with Crippen LogP contribution in [-0.4, -0.2) is 24.1 Å². The van der Waals surface area contributed by atoms with Crippen LogP contribution < -0.4 is 10.2 Å². The van der Waals surface area contributed by atoms with Gasteiger partial charge in [-0.05, 0) is 48.2 Å². The zero-order valence-corrected chi connectivity index (χ0v) is 13.0. The Morgan fingerprint density at radius 1 is 1.56 bits per heavy atom. The minimum Gasteiger partial charge on any atom is -0.357 e. The Balaban J connectivity index is 2.15. The number of aromatic nitrogens is 1. The van der Waals surface area contributed by atoms with Crippen molar-refractivity contribution >= 4 is 21.7 Å². The van der Waals surface area contributed by atoms with Crippen molar-refractivity contribution in [2.24, 2.45) is 0 Å². The van der Waals surface area contributed by atoms with Crippen molar-refractivity contribution in [3.8, 4) is 0 Å². The van der Waals surface area contributed by atoms with Gasteiger partial charge in [0, 0.05) is 41.9 Å². The highest BCUT2D eigenvalue weighted by molar-refractivity contribution is 9.10. The van der Waals surface area contributed by atoms with E-state index in [1.54, 1.807) is 0 Å². The summed E-state index contributed by atoms with van der Waals surface area (Å²) in [6.45, 7) is 5.36. The van der Waals surface area contributed by atoms with E-state index >= 15 is 0 Å². The normalized spacial score (nSPS) is 16.7. The van der Waals surface area contributed by atoms with Crippen molar-refractivity contribution in [1.82, 2.24) is 10.3 Å². The summed E-state index contributed by atoms with van der Waals surface area (Å²) in [4.78, 5) is 6.86. The quantitative estimate of drug-likeness (QED) is 0.873. The summed E-state index contributed by atoms with van der Waals surface area (Å²) in [6, 6.07) is 3.42. The second-order valence-corrected chi connectivity index (χ2v) is 6.08. The zero-order chi connectivity index (χ0) is 13.1. The number of rotatable bonds is 6. The third-order valence-corrected chi connectivity index (χ3v) is 4.09. The third kappa shape index (κ3) is 3.45. The first-order chi connectivity index (χ1) is 8.61.